The topological polar surface area (TPSA) is 58.6 Å². The van der Waals surface area contributed by atoms with E-state index in [2.05, 4.69) is 12.3 Å². The molecule has 1 aliphatic rings. The fourth-order valence-electron chi connectivity index (χ4n) is 2.36. The van der Waals surface area contributed by atoms with E-state index >= 15 is 0 Å². The standard InChI is InChI=1S/C17H24N2O3/c1-13-8-9-15(12-14(13)2)22-11-5-6-16(20)18-19-10-4-3-7-17(19)21/h8-9,12H,3-7,10-11H2,1-2H3,(H,18,20). The van der Waals surface area contributed by atoms with Crippen LogP contribution in [0.3, 0.4) is 0 Å². The van der Waals surface area contributed by atoms with Gasteiger partial charge in [0.15, 0.2) is 0 Å². The van der Waals surface area contributed by atoms with E-state index in [1.54, 1.807) is 0 Å². The van der Waals surface area contributed by atoms with Crippen LogP contribution in [0.5, 0.6) is 5.75 Å². The predicted molar refractivity (Wildman–Crippen MR) is 84.4 cm³/mol. The Bertz CT molecular complexity index is 543. The van der Waals surface area contributed by atoms with E-state index in [0.717, 1.165) is 18.6 Å². The predicted octanol–water partition coefficient (Wildman–Crippen LogP) is 2.51. The van der Waals surface area contributed by atoms with Crippen molar-refractivity contribution in [2.75, 3.05) is 13.2 Å². The lowest BCUT2D eigenvalue weighted by Gasteiger charge is -2.26. The van der Waals surface area contributed by atoms with Crippen molar-refractivity contribution in [1.29, 1.82) is 0 Å². The maximum absolute atomic E-state index is 11.8. The number of piperidine rings is 1. The number of aryl methyl sites for hydroxylation is 2. The van der Waals surface area contributed by atoms with Crippen molar-refractivity contribution >= 4 is 11.8 Å². The number of hydrogen-bond acceptors (Lipinski definition) is 3. The van der Waals surface area contributed by atoms with Crippen LogP contribution >= 0.6 is 0 Å². The maximum atomic E-state index is 11.8. The highest BCUT2D eigenvalue weighted by atomic mass is 16.5. The molecule has 0 bridgehead atoms. The number of hydrazine groups is 1. The third-order valence-electron chi connectivity index (χ3n) is 3.88. The molecule has 5 nitrogen and oxygen atoms in total. The molecule has 0 aromatic heterocycles. The second-order valence-electron chi connectivity index (χ2n) is 5.74. The Kier molecular flexibility index (Phi) is 5.81. The number of benzene rings is 1. The molecule has 0 saturated carbocycles. The Hall–Kier alpha value is -2.04. The van der Waals surface area contributed by atoms with Crippen LogP contribution in [0.25, 0.3) is 0 Å². The molecule has 1 aromatic carbocycles. The van der Waals surface area contributed by atoms with E-state index in [4.69, 9.17) is 4.74 Å². The first kappa shape index (κ1) is 16.3. The van der Waals surface area contributed by atoms with Crippen molar-refractivity contribution in [2.45, 2.75) is 46.0 Å². The van der Waals surface area contributed by atoms with Crippen molar-refractivity contribution in [3.05, 3.63) is 29.3 Å². The first-order valence-electron chi connectivity index (χ1n) is 7.86. The first-order valence-corrected chi connectivity index (χ1v) is 7.86. The molecule has 120 valence electrons. The summed E-state index contributed by atoms with van der Waals surface area (Å²) in [7, 11) is 0. The molecular formula is C17H24N2O3. The quantitative estimate of drug-likeness (QED) is 0.822. The van der Waals surface area contributed by atoms with Crippen LogP contribution in [-0.2, 0) is 9.59 Å². The summed E-state index contributed by atoms with van der Waals surface area (Å²) in [6.45, 7) is 5.21. The smallest absolute Gasteiger partial charge is 0.240 e. The molecule has 0 radical (unpaired) electrons. The molecule has 2 amide bonds. The molecular weight excluding hydrogens is 280 g/mol. The molecule has 2 rings (SSSR count). The van der Waals surface area contributed by atoms with E-state index in [1.807, 2.05) is 25.1 Å². The second kappa shape index (κ2) is 7.82. The van der Waals surface area contributed by atoms with Gasteiger partial charge in [0.05, 0.1) is 6.61 Å². The number of carbonyl (C=O) groups is 2. The summed E-state index contributed by atoms with van der Waals surface area (Å²) in [6, 6.07) is 5.97. The van der Waals surface area contributed by atoms with E-state index in [1.165, 1.54) is 16.1 Å². The average Bonchev–Trinajstić information content (AvgIpc) is 2.49. The summed E-state index contributed by atoms with van der Waals surface area (Å²) >= 11 is 0. The van der Waals surface area contributed by atoms with Crippen molar-refractivity contribution in [1.82, 2.24) is 10.4 Å². The van der Waals surface area contributed by atoms with Crippen molar-refractivity contribution in [2.24, 2.45) is 0 Å². The Morgan fingerprint density at radius 2 is 2.09 bits per heavy atom. The van der Waals surface area contributed by atoms with Crippen LogP contribution in [0, 0.1) is 13.8 Å². The molecule has 1 saturated heterocycles. The van der Waals surface area contributed by atoms with E-state index in [9.17, 15) is 9.59 Å². The highest BCUT2D eigenvalue weighted by Crippen LogP contribution is 2.16. The highest BCUT2D eigenvalue weighted by molar-refractivity contribution is 5.82. The van der Waals surface area contributed by atoms with Crippen LogP contribution in [0.1, 0.15) is 43.2 Å². The second-order valence-corrected chi connectivity index (χ2v) is 5.74. The van der Waals surface area contributed by atoms with Gasteiger partial charge in [0.25, 0.3) is 0 Å². The van der Waals surface area contributed by atoms with Gasteiger partial charge in [-0.1, -0.05) is 6.07 Å². The van der Waals surface area contributed by atoms with Crippen LogP contribution in [0.2, 0.25) is 0 Å². The van der Waals surface area contributed by atoms with Gasteiger partial charge in [-0.15, -0.1) is 0 Å². The summed E-state index contributed by atoms with van der Waals surface area (Å²) in [5.74, 6) is 0.708. The third kappa shape index (κ3) is 4.76. The van der Waals surface area contributed by atoms with Crippen LogP contribution < -0.4 is 10.2 Å². The molecule has 0 spiro atoms. The first-order chi connectivity index (χ1) is 10.6. The summed E-state index contributed by atoms with van der Waals surface area (Å²) in [5, 5.41) is 1.44. The highest BCUT2D eigenvalue weighted by Gasteiger charge is 2.19. The summed E-state index contributed by atoms with van der Waals surface area (Å²) < 4.78 is 5.64. The van der Waals surface area contributed by atoms with Crippen LogP contribution in [-0.4, -0.2) is 30.0 Å². The number of amides is 2. The van der Waals surface area contributed by atoms with Crippen molar-refractivity contribution in [3.8, 4) is 5.75 Å². The van der Waals surface area contributed by atoms with E-state index in [0.29, 0.717) is 32.4 Å². The molecule has 1 fully saturated rings. The SMILES string of the molecule is Cc1ccc(OCCCC(=O)NN2CCCCC2=O)cc1C. The van der Waals surface area contributed by atoms with Gasteiger partial charge >= 0.3 is 0 Å². The number of rotatable bonds is 6. The van der Waals surface area contributed by atoms with Gasteiger partial charge in [-0.3, -0.25) is 20.0 Å². The van der Waals surface area contributed by atoms with Gasteiger partial charge in [0.2, 0.25) is 11.8 Å². The average molecular weight is 304 g/mol. The molecule has 1 aliphatic heterocycles. The zero-order valence-electron chi connectivity index (χ0n) is 13.4. The largest absolute Gasteiger partial charge is 0.494 e. The number of nitrogens with one attached hydrogen (secondary N) is 1. The van der Waals surface area contributed by atoms with Crippen LogP contribution in [0.15, 0.2) is 18.2 Å². The number of ether oxygens (including phenoxy) is 1. The van der Waals surface area contributed by atoms with Crippen molar-refractivity contribution < 1.29 is 14.3 Å². The summed E-state index contributed by atoms with van der Waals surface area (Å²) in [5.41, 5.74) is 5.10. The van der Waals surface area contributed by atoms with E-state index in [-0.39, 0.29) is 11.8 Å². The lowest BCUT2D eigenvalue weighted by Crippen LogP contribution is -2.48. The molecule has 5 heteroatoms. The molecule has 1 heterocycles. The molecule has 0 atom stereocenters. The van der Waals surface area contributed by atoms with Crippen LogP contribution in [0.4, 0.5) is 0 Å². The Morgan fingerprint density at radius 3 is 2.82 bits per heavy atom. The summed E-state index contributed by atoms with van der Waals surface area (Å²) in [6.07, 6.45) is 3.36. The van der Waals surface area contributed by atoms with Gasteiger partial charge in [-0.2, -0.15) is 0 Å². The molecule has 1 N–H and O–H groups in total. The fraction of sp³-hybridized carbons (Fsp3) is 0.529. The number of nitrogens with zero attached hydrogens (tertiary/aromatic N) is 1. The number of hydrogen-bond donors (Lipinski definition) is 1. The Morgan fingerprint density at radius 1 is 1.27 bits per heavy atom. The zero-order valence-corrected chi connectivity index (χ0v) is 13.4. The molecule has 0 aliphatic carbocycles. The third-order valence-corrected chi connectivity index (χ3v) is 3.88. The minimum absolute atomic E-state index is 0.00554. The molecule has 0 unspecified atom stereocenters. The summed E-state index contributed by atoms with van der Waals surface area (Å²) in [4.78, 5) is 23.4. The lowest BCUT2D eigenvalue weighted by atomic mass is 10.1. The van der Waals surface area contributed by atoms with Crippen molar-refractivity contribution in [3.63, 3.8) is 0 Å². The van der Waals surface area contributed by atoms with E-state index < -0.39 is 0 Å². The van der Waals surface area contributed by atoms with Gasteiger partial charge in [-0.25, -0.2) is 0 Å². The molecule has 1 aromatic rings. The van der Waals surface area contributed by atoms with Gasteiger partial charge in [0, 0.05) is 19.4 Å². The van der Waals surface area contributed by atoms with Gasteiger partial charge < -0.3 is 4.74 Å². The monoisotopic (exact) mass is 304 g/mol. The minimum Gasteiger partial charge on any atom is -0.494 e. The zero-order chi connectivity index (χ0) is 15.9. The Labute approximate surface area is 131 Å². The normalized spacial score (nSPS) is 14.8. The fourth-order valence-corrected chi connectivity index (χ4v) is 2.36. The minimum atomic E-state index is -0.126. The maximum Gasteiger partial charge on any atom is 0.240 e. The number of carbonyl (C=O) groups excluding carboxylic acids is 2. The van der Waals surface area contributed by atoms with Gasteiger partial charge in [0.1, 0.15) is 5.75 Å². The lowest BCUT2D eigenvalue weighted by molar-refractivity contribution is -0.143. The van der Waals surface area contributed by atoms with Gasteiger partial charge in [-0.05, 0) is 56.4 Å². The Balaban J connectivity index is 1.66. The molecule has 22 heavy (non-hydrogen) atoms.